The number of nitriles is 1. The number of halogens is 1. The number of carboxylic acids is 1. The summed E-state index contributed by atoms with van der Waals surface area (Å²) in [5, 5.41) is 20.3. The summed E-state index contributed by atoms with van der Waals surface area (Å²) < 4.78 is 0.826. The zero-order valence-corrected chi connectivity index (χ0v) is 15.3. The van der Waals surface area contributed by atoms with Gasteiger partial charge >= 0.3 is 5.97 Å². The molecule has 6 heteroatoms. The predicted octanol–water partition coefficient (Wildman–Crippen LogP) is 6.06. The lowest BCUT2D eigenvalue weighted by Crippen LogP contribution is -2.07. The highest BCUT2D eigenvalue weighted by Crippen LogP contribution is 2.45. The van der Waals surface area contributed by atoms with Crippen molar-refractivity contribution < 1.29 is 9.90 Å². The fourth-order valence-corrected chi connectivity index (χ4v) is 5.93. The average molecular weight is 378 g/mol. The van der Waals surface area contributed by atoms with E-state index in [1.54, 1.807) is 36.0 Å². The number of thioether (sulfide) groups is 1. The average Bonchev–Trinajstić information content (AvgIpc) is 2.95. The molecule has 1 saturated carbocycles. The van der Waals surface area contributed by atoms with E-state index in [2.05, 4.69) is 6.07 Å². The molecular weight excluding hydrogens is 362 g/mol. The first-order valence-corrected chi connectivity index (χ1v) is 9.90. The molecule has 1 aliphatic rings. The molecule has 2 aromatic rings. The summed E-state index contributed by atoms with van der Waals surface area (Å²) in [4.78, 5) is 11.9. The Bertz CT molecular complexity index is 787. The first-order valence-electron chi connectivity index (χ1n) is 7.83. The Morgan fingerprint density at radius 1 is 1.25 bits per heavy atom. The number of hydrogen-bond donors (Lipinski definition) is 1. The maximum absolute atomic E-state index is 11.7. The SMILES string of the molecule is N#Cc1c(SC2CCCCC2)sc(C(=O)O)c1-c1ccc(Cl)cc1. The van der Waals surface area contributed by atoms with E-state index in [0.29, 0.717) is 21.4 Å². The van der Waals surface area contributed by atoms with Crippen LogP contribution in [-0.4, -0.2) is 16.3 Å². The van der Waals surface area contributed by atoms with Crippen LogP contribution in [0.3, 0.4) is 0 Å². The summed E-state index contributed by atoms with van der Waals surface area (Å²) in [5.74, 6) is -0.989. The Morgan fingerprint density at radius 2 is 1.92 bits per heavy atom. The van der Waals surface area contributed by atoms with Gasteiger partial charge in [0.2, 0.25) is 0 Å². The van der Waals surface area contributed by atoms with Crippen LogP contribution in [0.15, 0.2) is 28.5 Å². The number of benzene rings is 1. The van der Waals surface area contributed by atoms with Crippen LogP contribution in [0.2, 0.25) is 5.02 Å². The Kier molecular flexibility index (Phi) is 5.50. The minimum atomic E-state index is -0.989. The van der Waals surface area contributed by atoms with Crippen molar-refractivity contribution in [3.05, 3.63) is 39.7 Å². The van der Waals surface area contributed by atoms with Crippen molar-refractivity contribution in [1.82, 2.24) is 0 Å². The first kappa shape index (κ1) is 17.3. The fraction of sp³-hybridized carbons (Fsp3) is 0.333. The van der Waals surface area contributed by atoms with E-state index in [0.717, 1.165) is 22.6 Å². The zero-order chi connectivity index (χ0) is 17.1. The third-order valence-electron chi connectivity index (χ3n) is 4.14. The number of hydrogen-bond acceptors (Lipinski definition) is 4. The molecular formula is C18H16ClNO2S2. The summed E-state index contributed by atoms with van der Waals surface area (Å²) in [6.07, 6.45) is 5.95. The Balaban J connectivity index is 2.04. The van der Waals surface area contributed by atoms with Crippen LogP contribution >= 0.6 is 34.7 Å². The molecule has 0 radical (unpaired) electrons. The Morgan fingerprint density at radius 3 is 2.50 bits per heavy atom. The number of carbonyl (C=O) groups is 1. The van der Waals surface area contributed by atoms with Gasteiger partial charge in [0, 0.05) is 15.8 Å². The van der Waals surface area contributed by atoms with E-state index >= 15 is 0 Å². The lowest BCUT2D eigenvalue weighted by atomic mass is 10.0. The molecule has 3 rings (SSSR count). The second-order valence-corrected chi connectivity index (χ2v) is 8.80. The van der Waals surface area contributed by atoms with Crippen LogP contribution in [0, 0.1) is 11.3 Å². The summed E-state index contributed by atoms with van der Waals surface area (Å²) in [7, 11) is 0. The van der Waals surface area contributed by atoms with Crippen LogP contribution in [0.4, 0.5) is 0 Å². The summed E-state index contributed by atoms with van der Waals surface area (Å²) in [6.45, 7) is 0. The quantitative estimate of drug-likeness (QED) is 0.703. The van der Waals surface area contributed by atoms with Gasteiger partial charge in [-0.1, -0.05) is 43.0 Å². The molecule has 0 aliphatic heterocycles. The highest BCUT2D eigenvalue weighted by Gasteiger charge is 2.26. The number of rotatable bonds is 4. The molecule has 1 fully saturated rings. The predicted molar refractivity (Wildman–Crippen MR) is 99.2 cm³/mol. The molecule has 0 atom stereocenters. The third-order valence-corrected chi connectivity index (χ3v) is 7.13. The molecule has 0 spiro atoms. The highest BCUT2D eigenvalue weighted by atomic mass is 35.5. The maximum Gasteiger partial charge on any atom is 0.346 e. The lowest BCUT2D eigenvalue weighted by Gasteiger charge is -2.20. The van der Waals surface area contributed by atoms with Gasteiger partial charge in [-0.2, -0.15) is 5.26 Å². The molecule has 3 nitrogen and oxygen atoms in total. The second kappa shape index (κ2) is 7.60. The number of aromatic carboxylic acids is 1. The van der Waals surface area contributed by atoms with Crippen molar-refractivity contribution in [2.24, 2.45) is 0 Å². The van der Waals surface area contributed by atoms with Gasteiger partial charge in [-0.05, 0) is 30.5 Å². The second-order valence-electron chi connectivity index (χ2n) is 5.77. The van der Waals surface area contributed by atoms with E-state index in [1.807, 2.05) is 0 Å². The first-order chi connectivity index (χ1) is 11.6. The van der Waals surface area contributed by atoms with Gasteiger partial charge in [-0.15, -0.1) is 23.1 Å². The Hall–Kier alpha value is -1.48. The fourth-order valence-electron chi connectivity index (χ4n) is 2.97. The van der Waals surface area contributed by atoms with Crippen molar-refractivity contribution in [3.63, 3.8) is 0 Å². The van der Waals surface area contributed by atoms with Crippen molar-refractivity contribution in [1.29, 1.82) is 5.26 Å². The van der Waals surface area contributed by atoms with E-state index < -0.39 is 5.97 Å². The maximum atomic E-state index is 11.7. The van der Waals surface area contributed by atoms with Crippen LogP contribution in [0.5, 0.6) is 0 Å². The lowest BCUT2D eigenvalue weighted by molar-refractivity contribution is 0.0703. The molecule has 124 valence electrons. The van der Waals surface area contributed by atoms with Gasteiger partial charge in [0.05, 0.1) is 9.77 Å². The van der Waals surface area contributed by atoms with Gasteiger partial charge in [-0.25, -0.2) is 4.79 Å². The Labute approximate surface area is 154 Å². The molecule has 1 N–H and O–H groups in total. The molecule has 1 aliphatic carbocycles. The van der Waals surface area contributed by atoms with Crippen molar-refractivity contribution >= 4 is 40.7 Å². The van der Waals surface area contributed by atoms with E-state index in [4.69, 9.17) is 11.6 Å². The van der Waals surface area contributed by atoms with E-state index in [1.165, 1.54) is 30.6 Å². The largest absolute Gasteiger partial charge is 0.477 e. The molecule has 0 bridgehead atoms. The molecule has 1 aromatic carbocycles. The van der Waals surface area contributed by atoms with Crippen molar-refractivity contribution in [2.45, 2.75) is 41.6 Å². The molecule has 1 heterocycles. The van der Waals surface area contributed by atoms with Gasteiger partial charge in [-0.3, -0.25) is 0 Å². The van der Waals surface area contributed by atoms with Gasteiger partial charge in [0.25, 0.3) is 0 Å². The minimum Gasteiger partial charge on any atom is -0.477 e. The smallest absolute Gasteiger partial charge is 0.346 e. The monoisotopic (exact) mass is 377 g/mol. The topological polar surface area (TPSA) is 61.1 Å². The van der Waals surface area contributed by atoms with Crippen LogP contribution in [0.25, 0.3) is 11.1 Å². The molecule has 24 heavy (non-hydrogen) atoms. The normalized spacial score (nSPS) is 15.2. The van der Waals surface area contributed by atoms with Crippen LogP contribution in [0.1, 0.15) is 47.3 Å². The highest BCUT2D eigenvalue weighted by molar-refractivity contribution is 8.01. The third kappa shape index (κ3) is 3.61. The minimum absolute atomic E-state index is 0.229. The van der Waals surface area contributed by atoms with Crippen LogP contribution in [-0.2, 0) is 0 Å². The van der Waals surface area contributed by atoms with E-state index in [-0.39, 0.29) is 4.88 Å². The number of carboxylic acid groups (broad SMARTS) is 1. The molecule has 0 amide bonds. The van der Waals surface area contributed by atoms with Crippen molar-refractivity contribution in [3.8, 4) is 17.2 Å². The summed E-state index contributed by atoms with van der Waals surface area (Å²) in [5.41, 5.74) is 1.72. The van der Waals surface area contributed by atoms with Gasteiger partial charge in [0.15, 0.2) is 0 Å². The molecule has 0 unspecified atom stereocenters. The van der Waals surface area contributed by atoms with Crippen LogP contribution < -0.4 is 0 Å². The number of thiophene rings is 1. The molecule has 0 saturated heterocycles. The summed E-state index contributed by atoms with van der Waals surface area (Å²) >= 11 is 8.82. The standard InChI is InChI=1S/C18H16ClNO2S2/c19-12-8-6-11(7-9-12)15-14(10-20)18(24-16(15)17(21)22)23-13-4-2-1-3-5-13/h6-9,13H,1-5H2,(H,21,22). The van der Waals surface area contributed by atoms with Gasteiger partial charge in [0.1, 0.15) is 10.9 Å². The summed E-state index contributed by atoms with van der Waals surface area (Å²) in [6, 6.07) is 9.21. The van der Waals surface area contributed by atoms with Crippen molar-refractivity contribution in [2.75, 3.05) is 0 Å². The zero-order valence-electron chi connectivity index (χ0n) is 12.9. The molecule has 1 aromatic heterocycles. The number of nitrogens with zero attached hydrogens (tertiary/aromatic N) is 1. The van der Waals surface area contributed by atoms with E-state index in [9.17, 15) is 15.2 Å². The van der Waals surface area contributed by atoms with Gasteiger partial charge < -0.3 is 5.11 Å².